The summed E-state index contributed by atoms with van der Waals surface area (Å²) in [5.41, 5.74) is 0.372. The fraction of sp³-hybridized carbons (Fsp3) is 0.250. The Morgan fingerprint density at radius 3 is 2.24 bits per heavy atom. The molecule has 2 aromatic rings. The first-order valence-corrected chi connectivity index (χ1v) is 6.58. The number of nitrogens with one attached hydrogen (secondary N) is 2. The minimum absolute atomic E-state index is 0.0517. The monoisotopic (exact) mass is 288 g/mol. The third kappa shape index (κ3) is 3.78. The molecule has 0 spiro atoms. The van der Waals surface area contributed by atoms with Gasteiger partial charge in [-0.1, -0.05) is 0 Å². The number of rotatable bonds is 2. The van der Waals surface area contributed by atoms with Gasteiger partial charge >= 0.3 is 0 Å². The maximum atomic E-state index is 12.9. The molecule has 0 radical (unpaired) electrons. The minimum atomic E-state index is -0.474. The molecule has 0 unspecified atom stereocenters. The van der Waals surface area contributed by atoms with Crippen LogP contribution in [0.15, 0.2) is 41.2 Å². The molecule has 0 saturated carbocycles. The molecule has 4 nitrogen and oxygen atoms in total. The van der Waals surface area contributed by atoms with E-state index >= 15 is 0 Å². The van der Waals surface area contributed by atoms with Crippen LogP contribution in [-0.4, -0.2) is 16.4 Å². The van der Waals surface area contributed by atoms with Crippen LogP contribution in [0, 0.1) is 5.82 Å². The first-order valence-electron chi connectivity index (χ1n) is 6.58. The second-order valence-corrected chi connectivity index (χ2v) is 5.83. The van der Waals surface area contributed by atoms with Crippen LogP contribution in [0.5, 0.6) is 0 Å². The van der Waals surface area contributed by atoms with Crippen molar-refractivity contribution >= 4 is 5.91 Å². The summed E-state index contributed by atoms with van der Waals surface area (Å²) in [6.45, 7) is 5.52. The molecule has 0 aliphatic rings. The van der Waals surface area contributed by atoms with E-state index in [0.29, 0.717) is 11.3 Å². The number of carbonyl (C=O) groups excluding carboxylic acids is 1. The molecule has 0 bridgehead atoms. The lowest BCUT2D eigenvalue weighted by Crippen LogP contribution is -2.42. The Balaban J connectivity index is 2.32. The maximum Gasteiger partial charge on any atom is 0.261 e. The highest BCUT2D eigenvalue weighted by Crippen LogP contribution is 2.16. The number of hydrogen-bond donors (Lipinski definition) is 2. The van der Waals surface area contributed by atoms with Gasteiger partial charge in [0, 0.05) is 11.2 Å². The van der Waals surface area contributed by atoms with E-state index in [9.17, 15) is 14.0 Å². The van der Waals surface area contributed by atoms with E-state index in [1.165, 1.54) is 18.2 Å². The fourth-order valence-electron chi connectivity index (χ4n) is 1.86. The molecule has 2 rings (SSSR count). The quantitative estimate of drug-likeness (QED) is 0.892. The van der Waals surface area contributed by atoms with Crippen molar-refractivity contribution in [3.8, 4) is 11.3 Å². The molecule has 0 saturated heterocycles. The highest BCUT2D eigenvalue weighted by Gasteiger charge is 2.17. The molecule has 1 amide bonds. The number of hydrogen-bond acceptors (Lipinski definition) is 2. The highest BCUT2D eigenvalue weighted by atomic mass is 19.1. The van der Waals surface area contributed by atoms with Gasteiger partial charge in [-0.15, -0.1) is 0 Å². The number of halogens is 1. The Hall–Kier alpha value is -2.43. The van der Waals surface area contributed by atoms with Crippen LogP contribution in [0.1, 0.15) is 31.1 Å². The van der Waals surface area contributed by atoms with Gasteiger partial charge in [-0.05, 0) is 62.7 Å². The fourth-order valence-corrected chi connectivity index (χ4v) is 1.86. The van der Waals surface area contributed by atoms with Crippen LogP contribution in [0.4, 0.5) is 4.39 Å². The van der Waals surface area contributed by atoms with Crippen LogP contribution < -0.4 is 10.9 Å². The average Bonchev–Trinajstić information content (AvgIpc) is 2.37. The van der Waals surface area contributed by atoms with Crippen molar-refractivity contribution in [2.24, 2.45) is 0 Å². The molecule has 1 heterocycles. The predicted molar refractivity (Wildman–Crippen MR) is 79.7 cm³/mol. The topological polar surface area (TPSA) is 62.0 Å². The van der Waals surface area contributed by atoms with Crippen LogP contribution >= 0.6 is 0 Å². The molecular formula is C16H17FN2O2. The van der Waals surface area contributed by atoms with Gasteiger partial charge in [0.25, 0.3) is 11.5 Å². The summed E-state index contributed by atoms with van der Waals surface area (Å²) < 4.78 is 12.9. The number of aromatic amines is 1. The molecule has 5 heteroatoms. The molecule has 0 aliphatic carbocycles. The summed E-state index contributed by atoms with van der Waals surface area (Å²) in [4.78, 5) is 26.6. The zero-order chi connectivity index (χ0) is 15.6. The van der Waals surface area contributed by atoms with E-state index in [2.05, 4.69) is 10.3 Å². The van der Waals surface area contributed by atoms with Crippen molar-refractivity contribution in [3.63, 3.8) is 0 Å². The first kappa shape index (κ1) is 15.0. The number of aromatic nitrogens is 1. The molecule has 1 aromatic heterocycles. The number of carbonyl (C=O) groups is 1. The Morgan fingerprint density at radius 1 is 1.10 bits per heavy atom. The second kappa shape index (κ2) is 5.52. The van der Waals surface area contributed by atoms with E-state index in [1.807, 2.05) is 20.8 Å². The van der Waals surface area contributed by atoms with Crippen LogP contribution in [0.2, 0.25) is 0 Å². The molecule has 21 heavy (non-hydrogen) atoms. The molecule has 0 aliphatic heterocycles. The Labute approximate surface area is 122 Å². The maximum absolute atomic E-state index is 12.9. The predicted octanol–water partition coefficient (Wildman–Crippen LogP) is 2.71. The van der Waals surface area contributed by atoms with Gasteiger partial charge in [0.15, 0.2) is 0 Å². The van der Waals surface area contributed by atoms with E-state index in [1.54, 1.807) is 18.2 Å². The molecular weight excluding hydrogens is 271 g/mol. The van der Waals surface area contributed by atoms with E-state index in [4.69, 9.17) is 0 Å². The number of pyridine rings is 1. The number of H-pyrrole nitrogens is 1. The lowest BCUT2D eigenvalue weighted by Gasteiger charge is -2.20. The summed E-state index contributed by atoms with van der Waals surface area (Å²) >= 11 is 0. The highest BCUT2D eigenvalue weighted by molar-refractivity contribution is 5.94. The van der Waals surface area contributed by atoms with Gasteiger partial charge in [0.2, 0.25) is 0 Å². The van der Waals surface area contributed by atoms with Crippen molar-refractivity contribution in [2.45, 2.75) is 26.3 Å². The van der Waals surface area contributed by atoms with Crippen molar-refractivity contribution < 1.29 is 9.18 Å². The molecule has 0 fully saturated rings. The lowest BCUT2D eigenvalue weighted by atomic mass is 10.1. The van der Waals surface area contributed by atoms with Gasteiger partial charge in [-0.25, -0.2) is 4.39 Å². The second-order valence-electron chi connectivity index (χ2n) is 5.83. The normalized spacial score (nSPS) is 11.2. The van der Waals surface area contributed by atoms with Gasteiger partial charge < -0.3 is 10.3 Å². The van der Waals surface area contributed by atoms with E-state index in [-0.39, 0.29) is 11.4 Å². The van der Waals surface area contributed by atoms with Gasteiger partial charge in [-0.2, -0.15) is 0 Å². The van der Waals surface area contributed by atoms with Crippen molar-refractivity contribution in [1.29, 1.82) is 0 Å². The van der Waals surface area contributed by atoms with Gasteiger partial charge in [0.05, 0.1) is 0 Å². The average molecular weight is 288 g/mol. The summed E-state index contributed by atoms with van der Waals surface area (Å²) in [6, 6.07) is 8.86. The standard InChI is InChI=1S/C16H17FN2O2/c1-16(2,3)19-15(21)12-8-9-13(18-14(12)20)10-4-6-11(17)7-5-10/h4-9H,1-3H3,(H,18,20)(H,19,21). The minimum Gasteiger partial charge on any atom is -0.347 e. The van der Waals surface area contributed by atoms with Crippen molar-refractivity contribution in [2.75, 3.05) is 0 Å². The SMILES string of the molecule is CC(C)(C)NC(=O)c1ccc(-c2ccc(F)cc2)[nH]c1=O. The van der Waals surface area contributed by atoms with Gasteiger partial charge in [-0.3, -0.25) is 9.59 Å². The van der Waals surface area contributed by atoms with Crippen molar-refractivity contribution in [3.05, 3.63) is 58.1 Å². The molecule has 0 atom stereocenters. The van der Waals surface area contributed by atoms with E-state index < -0.39 is 17.0 Å². The lowest BCUT2D eigenvalue weighted by molar-refractivity contribution is 0.0918. The first-order chi connectivity index (χ1) is 9.76. The number of benzene rings is 1. The molecule has 1 aromatic carbocycles. The third-order valence-corrected chi connectivity index (χ3v) is 2.80. The zero-order valence-electron chi connectivity index (χ0n) is 12.2. The van der Waals surface area contributed by atoms with Gasteiger partial charge in [0.1, 0.15) is 11.4 Å². The van der Waals surface area contributed by atoms with Crippen LogP contribution in [0.25, 0.3) is 11.3 Å². The summed E-state index contributed by atoms with van der Waals surface area (Å²) in [5.74, 6) is -0.767. The Bertz CT molecular complexity index is 712. The van der Waals surface area contributed by atoms with Crippen LogP contribution in [-0.2, 0) is 0 Å². The smallest absolute Gasteiger partial charge is 0.261 e. The zero-order valence-corrected chi connectivity index (χ0v) is 12.2. The summed E-state index contributed by atoms with van der Waals surface area (Å²) in [5, 5.41) is 2.73. The summed E-state index contributed by atoms with van der Waals surface area (Å²) in [6.07, 6.45) is 0. The molecule has 2 N–H and O–H groups in total. The third-order valence-electron chi connectivity index (χ3n) is 2.80. The number of amides is 1. The van der Waals surface area contributed by atoms with Crippen LogP contribution in [0.3, 0.4) is 0 Å². The van der Waals surface area contributed by atoms with Crippen molar-refractivity contribution in [1.82, 2.24) is 10.3 Å². The Morgan fingerprint density at radius 2 is 1.71 bits per heavy atom. The summed E-state index contributed by atoms with van der Waals surface area (Å²) in [7, 11) is 0. The molecule has 110 valence electrons. The van der Waals surface area contributed by atoms with E-state index in [0.717, 1.165) is 0 Å². The largest absolute Gasteiger partial charge is 0.347 e. The Kier molecular flexibility index (Phi) is 3.93.